The number of fused-ring (bicyclic) bond motifs is 1. The number of nitrogens with zero attached hydrogens (tertiary/aromatic N) is 4. The lowest BCUT2D eigenvalue weighted by Gasteiger charge is -2.26. The molecule has 2 aromatic heterocycles. The maximum absolute atomic E-state index is 5.90. The quantitative estimate of drug-likeness (QED) is 0.701. The van der Waals surface area contributed by atoms with Crippen LogP contribution in [0.1, 0.15) is 5.69 Å². The minimum Gasteiger partial charge on any atom is -0.492 e. The second-order valence-electron chi connectivity index (χ2n) is 6.26. The van der Waals surface area contributed by atoms with Crippen molar-refractivity contribution in [3.05, 3.63) is 36.3 Å². The van der Waals surface area contributed by atoms with E-state index < -0.39 is 0 Å². The first-order chi connectivity index (χ1) is 12.8. The van der Waals surface area contributed by atoms with Crippen LogP contribution < -0.4 is 10.1 Å². The van der Waals surface area contributed by atoms with E-state index in [0.717, 1.165) is 66.8 Å². The number of aryl methyl sites for hydroxylation is 1. The summed E-state index contributed by atoms with van der Waals surface area (Å²) >= 11 is 0. The van der Waals surface area contributed by atoms with Crippen molar-refractivity contribution < 1.29 is 9.47 Å². The fourth-order valence-electron chi connectivity index (χ4n) is 2.95. The molecular weight excluding hydrogens is 332 g/mol. The number of anilines is 2. The van der Waals surface area contributed by atoms with Crippen LogP contribution in [0.15, 0.2) is 30.6 Å². The first kappa shape index (κ1) is 16.7. The highest BCUT2D eigenvalue weighted by Crippen LogP contribution is 2.25. The molecular formula is C18H22N6O2. The molecule has 2 N–H and O–H groups in total. The SMILES string of the molecule is Cc1cc(Nc2ncnc3cc(OCCN4CCOCC4)ccc23)n[nH]1. The van der Waals surface area contributed by atoms with Crippen LogP contribution in [0.4, 0.5) is 11.6 Å². The van der Waals surface area contributed by atoms with Gasteiger partial charge in [0.1, 0.15) is 24.5 Å². The van der Waals surface area contributed by atoms with Crippen molar-refractivity contribution >= 4 is 22.5 Å². The van der Waals surface area contributed by atoms with E-state index in [4.69, 9.17) is 9.47 Å². The zero-order valence-electron chi connectivity index (χ0n) is 14.7. The molecule has 4 rings (SSSR count). The summed E-state index contributed by atoms with van der Waals surface area (Å²) in [5.41, 5.74) is 1.82. The number of benzene rings is 1. The minimum absolute atomic E-state index is 0.647. The molecule has 0 radical (unpaired) electrons. The highest BCUT2D eigenvalue weighted by atomic mass is 16.5. The topological polar surface area (TPSA) is 88.2 Å². The third kappa shape index (κ3) is 3.92. The molecule has 1 fully saturated rings. The summed E-state index contributed by atoms with van der Waals surface area (Å²) in [5.74, 6) is 2.26. The van der Waals surface area contributed by atoms with Crippen molar-refractivity contribution in [3.8, 4) is 5.75 Å². The van der Waals surface area contributed by atoms with Crippen LogP contribution in [0.3, 0.4) is 0 Å². The fourth-order valence-corrected chi connectivity index (χ4v) is 2.95. The van der Waals surface area contributed by atoms with Gasteiger partial charge in [-0.25, -0.2) is 9.97 Å². The minimum atomic E-state index is 0.647. The molecule has 1 aliphatic heterocycles. The van der Waals surface area contributed by atoms with Gasteiger partial charge < -0.3 is 14.8 Å². The number of aromatic nitrogens is 4. The number of ether oxygens (including phenoxy) is 2. The van der Waals surface area contributed by atoms with Gasteiger partial charge in [-0.1, -0.05) is 0 Å². The maximum Gasteiger partial charge on any atom is 0.153 e. The number of rotatable bonds is 6. The summed E-state index contributed by atoms with van der Waals surface area (Å²) in [7, 11) is 0. The molecule has 8 nitrogen and oxygen atoms in total. The number of hydrogen-bond donors (Lipinski definition) is 2. The summed E-state index contributed by atoms with van der Waals surface area (Å²) in [6.07, 6.45) is 1.54. The average molecular weight is 354 g/mol. The largest absolute Gasteiger partial charge is 0.492 e. The average Bonchev–Trinajstić information content (AvgIpc) is 3.07. The number of aromatic amines is 1. The molecule has 3 heterocycles. The molecule has 0 amide bonds. The summed E-state index contributed by atoms with van der Waals surface area (Å²) in [5, 5.41) is 11.2. The molecule has 0 aliphatic carbocycles. The normalized spacial score (nSPS) is 15.3. The zero-order chi connectivity index (χ0) is 17.8. The molecule has 0 atom stereocenters. The van der Waals surface area contributed by atoms with Crippen LogP contribution in [0, 0.1) is 6.92 Å². The summed E-state index contributed by atoms with van der Waals surface area (Å²) in [4.78, 5) is 11.0. The van der Waals surface area contributed by atoms with E-state index in [2.05, 4.69) is 30.4 Å². The lowest BCUT2D eigenvalue weighted by molar-refractivity contribution is 0.0322. The van der Waals surface area contributed by atoms with Gasteiger partial charge in [0.25, 0.3) is 0 Å². The lowest BCUT2D eigenvalue weighted by atomic mass is 10.2. The highest BCUT2D eigenvalue weighted by molar-refractivity contribution is 5.91. The Morgan fingerprint density at radius 2 is 2.12 bits per heavy atom. The van der Waals surface area contributed by atoms with Crippen molar-refractivity contribution in [2.45, 2.75) is 6.92 Å². The Hall–Kier alpha value is -2.71. The lowest BCUT2D eigenvalue weighted by Crippen LogP contribution is -2.38. The van der Waals surface area contributed by atoms with Gasteiger partial charge >= 0.3 is 0 Å². The van der Waals surface area contributed by atoms with Crippen molar-refractivity contribution in [1.82, 2.24) is 25.1 Å². The Labute approximate surface area is 151 Å². The first-order valence-corrected chi connectivity index (χ1v) is 8.75. The molecule has 0 unspecified atom stereocenters. The van der Waals surface area contributed by atoms with E-state index >= 15 is 0 Å². The predicted molar refractivity (Wildman–Crippen MR) is 98.9 cm³/mol. The second kappa shape index (κ2) is 7.67. The van der Waals surface area contributed by atoms with Crippen LogP contribution in [0.25, 0.3) is 10.9 Å². The van der Waals surface area contributed by atoms with Gasteiger partial charge in [0.05, 0.1) is 18.7 Å². The monoisotopic (exact) mass is 354 g/mol. The summed E-state index contributed by atoms with van der Waals surface area (Å²) < 4.78 is 11.3. The molecule has 8 heteroatoms. The third-order valence-corrected chi connectivity index (χ3v) is 4.34. The van der Waals surface area contributed by atoms with Gasteiger partial charge in [0.15, 0.2) is 5.82 Å². The van der Waals surface area contributed by atoms with Crippen LogP contribution >= 0.6 is 0 Å². The molecule has 1 saturated heterocycles. The van der Waals surface area contributed by atoms with Gasteiger partial charge in [-0.15, -0.1) is 0 Å². The predicted octanol–water partition coefficient (Wildman–Crippen LogP) is 2.12. The Bertz CT molecular complexity index is 875. The fraction of sp³-hybridized carbons (Fsp3) is 0.389. The standard InChI is InChI=1S/C18H22N6O2/c1-13-10-17(23-22-13)21-18-15-3-2-14(11-16(15)19-12-20-18)26-9-6-24-4-7-25-8-5-24/h2-3,10-12H,4-9H2,1H3,(H2,19,20,21,22,23). The van der Waals surface area contributed by atoms with Crippen LogP contribution in [0.2, 0.25) is 0 Å². The van der Waals surface area contributed by atoms with Crippen molar-refractivity contribution in [1.29, 1.82) is 0 Å². The molecule has 1 aromatic carbocycles. The molecule has 26 heavy (non-hydrogen) atoms. The molecule has 3 aromatic rings. The van der Waals surface area contributed by atoms with Crippen LogP contribution in [-0.2, 0) is 4.74 Å². The Kier molecular flexibility index (Phi) is 4.94. The molecule has 0 saturated carbocycles. The molecule has 0 spiro atoms. The van der Waals surface area contributed by atoms with E-state index in [1.54, 1.807) is 6.33 Å². The van der Waals surface area contributed by atoms with Crippen molar-refractivity contribution in [2.75, 3.05) is 44.8 Å². The van der Waals surface area contributed by atoms with E-state index in [0.29, 0.717) is 6.61 Å². The van der Waals surface area contributed by atoms with Crippen molar-refractivity contribution in [3.63, 3.8) is 0 Å². The molecule has 136 valence electrons. The number of H-pyrrole nitrogens is 1. The Morgan fingerprint density at radius 1 is 1.23 bits per heavy atom. The van der Waals surface area contributed by atoms with Gasteiger partial charge in [0, 0.05) is 42.8 Å². The van der Waals surface area contributed by atoms with Crippen molar-refractivity contribution in [2.24, 2.45) is 0 Å². The molecule has 1 aliphatic rings. The van der Waals surface area contributed by atoms with E-state index in [1.165, 1.54) is 0 Å². The zero-order valence-corrected chi connectivity index (χ0v) is 14.7. The van der Waals surface area contributed by atoms with E-state index in [1.807, 2.05) is 31.2 Å². The first-order valence-electron chi connectivity index (χ1n) is 8.75. The van der Waals surface area contributed by atoms with Gasteiger partial charge in [-0.05, 0) is 19.1 Å². The van der Waals surface area contributed by atoms with E-state index in [9.17, 15) is 0 Å². The number of morpholine rings is 1. The van der Waals surface area contributed by atoms with Gasteiger partial charge in [-0.3, -0.25) is 10.00 Å². The summed E-state index contributed by atoms with van der Waals surface area (Å²) in [6.45, 7) is 7.05. The smallest absolute Gasteiger partial charge is 0.153 e. The van der Waals surface area contributed by atoms with Crippen LogP contribution in [0.5, 0.6) is 5.75 Å². The highest BCUT2D eigenvalue weighted by Gasteiger charge is 2.11. The Balaban J connectivity index is 1.43. The van der Waals surface area contributed by atoms with Gasteiger partial charge in [0.2, 0.25) is 0 Å². The summed E-state index contributed by atoms with van der Waals surface area (Å²) in [6, 6.07) is 7.79. The molecule has 0 bridgehead atoms. The van der Waals surface area contributed by atoms with Crippen LogP contribution in [-0.4, -0.2) is 64.5 Å². The number of nitrogens with one attached hydrogen (secondary N) is 2. The number of hydrogen-bond acceptors (Lipinski definition) is 7. The van der Waals surface area contributed by atoms with E-state index in [-0.39, 0.29) is 0 Å². The van der Waals surface area contributed by atoms with Gasteiger partial charge in [-0.2, -0.15) is 5.10 Å². The Morgan fingerprint density at radius 3 is 2.92 bits per heavy atom. The maximum atomic E-state index is 5.90. The third-order valence-electron chi connectivity index (χ3n) is 4.34. The second-order valence-corrected chi connectivity index (χ2v) is 6.26.